The van der Waals surface area contributed by atoms with Crippen molar-refractivity contribution in [3.8, 4) is 0 Å². The van der Waals surface area contributed by atoms with Crippen LogP contribution in [0.4, 0.5) is 0 Å². The van der Waals surface area contributed by atoms with Crippen molar-refractivity contribution < 1.29 is 0 Å². The third-order valence-corrected chi connectivity index (χ3v) is 2.05. The molecule has 0 aromatic rings. The summed E-state index contributed by atoms with van der Waals surface area (Å²) in [6.07, 6.45) is 4.02. The van der Waals surface area contributed by atoms with E-state index in [1.54, 1.807) is 0 Å². The first-order chi connectivity index (χ1) is 4.75. The summed E-state index contributed by atoms with van der Waals surface area (Å²) in [4.78, 5) is 1.96. The van der Waals surface area contributed by atoms with E-state index in [0.29, 0.717) is 6.54 Å². The lowest BCUT2D eigenvalue weighted by Gasteiger charge is -2.21. The van der Waals surface area contributed by atoms with Crippen molar-refractivity contribution in [2.45, 2.75) is 0 Å². The molecule has 0 saturated heterocycles. The number of hydrogen-bond donors (Lipinski definition) is 1. The zero-order chi connectivity index (χ0) is 7.56. The van der Waals surface area contributed by atoms with Gasteiger partial charge in [0.1, 0.15) is 5.16 Å². The van der Waals surface area contributed by atoms with Crippen molar-refractivity contribution in [2.75, 3.05) is 20.1 Å². The van der Waals surface area contributed by atoms with Gasteiger partial charge in [-0.1, -0.05) is 23.8 Å². The molecular formula is C7H11ClN2. The van der Waals surface area contributed by atoms with Gasteiger partial charge in [-0.3, -0.25) is 0 Å². The first kappa shape index (κ1) is 7.63. The van der Waals surface area contributed by atoms with Crippen molar-refractivity contribution in [1.29, 1.82) is 0 Å². The van der Waals surface area contributed by atoms with Crippen LogP contribution in [0.5, 0.6) is 0 Å². The van der Waals surface area contributed by atoms with Crippen LogP contribution in [0.1, 0.15) is 0 Å². The number of nitrogens with zero attached hydrogens (tertiary/aromatic N) is 1. The van der Waals surface area contributed by atoms with Gasteiger partial charge >= 0.3 is 0 Å². The Bertz CT molecular complexity index is 184. The molecule has 1 aliphatic rings. The first-order valence-corrected chi connectivity index (χ1v) is 3.60. The third kappa shape index (κ3) is 1.33. The van der Waals surface area contributed by atoms with Gasteiger partial charge in [-0.15, -0.1) is 0 Å². The Balaban J connectivity index is 2.82. The molecule has 10 heavy (non-hydrogen) atoms. The van der Waals surface area contributed by atoms with Crippen LogP contribution in [0.3, 0.4) is 0 Å². The number of halogens is 1. The maximum Gasteiger partial charge on any atom is 0.109 e. The summed E-state index contributed by atoms with van der Waals surface area (Å²) in [6, 6.07) is 0. The van der Waals surface area contributed by atoms with Crippen molar-refractivity contribution in [3.63, 3.8) is 0 Å². The van der Waals surface area contributed by atoms with Crippen molar-refractivity contribution in [1.82, 2.24) is 4.90 Å². The van der Waals surface area contributed by atoms with E-state index in [1.807, 2.05) is 24.1 Å². The predicted molar refractivity (Wildman–Crippen MR) is 43.7 cm³/mol. The average molecular weight is 159 g/mol. The van der Waals surface area contributed by atoms with Gasteiger partial charge in [0.2, 0.25) is 0 Å². The summed E-state index contributed by atoms with van der Waals surface area (Å²) in [5, 5.41) is 0.769. The quantitative estimate of drug-likeness (QED) is 0.575. The highest BCUT2D eigenvalue weighted by Crippen LogP contribution is 2.17. The lowest BCUT2D eigenvalue weighted by atomic mass is 10.2. The van der Waals surface area contributed by atoms with E-state index in [-0.39, 0.29) is 0 Å². The highest BCUT2D eigenvalue weighted by atomic mass is 35.5. The molecule has 0 fully saturated rings. The second-order valence-corrected chi connectivity index (χ2v) is 2.66. The summed E-state index contributed by atoms with van der Waals surface area (Å²) >= 11 is 5.91. The largest absolute Gasteiger partial charge is 0.361 e. The Labute approximate surface area is 65.9 Å². The van der Waals surface area contributed by atoms with Gasteiger partial charge in [-0.05, 0) is 0 Å². The lowest BCUT2D eigenvalue weighted by molar-refractivity contribution is 0.483. The Kier molecular flexibility index (Phi) is 2.35. The molecule has 0 aromatic heterocycles. The number of likely N-dealkylation sites (N-methyl/N-ethyl adjacent to an activating group) is 1. The average Bonchev–Trinajstić information content (AvgIpc) is 1.95. The molecule has 0 unspecified atom stereocenters. The molecule has 0 spiro atoms. The molecule has 0 bridgehead atoms. The van der Waals surface area contributed by atoms with Crippen LogP contribution in [-0.4, -0.2) is 25.0 Å². The van der Waals surface area contributed by atoms with Crippen LogP contribution in [0.2, 0.25) is 0 Å². The Morgan fingerprint density at radius 1 is 1.80 bits per heavy atom. The van der Waals surface area contributed by atoms with Gasteiger partial charge < -0.3 is 10.6 Å². The number of hydrogen-bond acceptors (Lipinski definition) is 2. The van der Waals surface area contributed by atoms with Crippen LogP contribution in [-0.2, 0) is 0 Å². The van der Waals surface area contributed by atoms with E-state index in [4.69, 9.17) is 17.3 Å². The van der Waals surface area contributed by atoms with Crippen molar-refractivity contribution >= 4 is 11.6 Å². The molecule has 0 aromatic carbocycles. The minimum absolute atomic E-state index is 0.514. The SMILES string of the molecule is CN1CC=CC(CN)=C1Cl. The van der Waals surface area contributed by atoms with Crippen LogP contribution < -0.4 is 5.73 Å². The minimum atomic E-state index is 0.514. The fraction of sp³-hybridized carbons (Fsp3) is 0.429. The highest BCUT2D eigenvalue weighted by Gasteiger charge is 2.07. The first-order valence-electron chi connectivity index (χ1n) is 3.22. The zero-order valence-corrected chi connectivity index (χ0v) is 6.73. The lowest BCUT2D eigenvalue weighted by Crippen LogP contribution is -2.21. The van der Waals surface area contributed by atoms with E-state index >= 15 is 0 Å². The molecule has 0 atom stereocenters. The molecule has 0 aliphatic carbocycles. The van der Waals surface area contributed by atoms with Crippen molar-refractivity contribution in [2.24, 2.45) is 5.73 Å². The van der Waals surface area contributed by atoms with Crippen LogP contribution in [0, 0.1) is 0 Å². The summed E-state index contributed by atoms with van der Waals surface area (Å²) in [5.74, 6) is 0. The fourth-order valence-corrected chi connectivity index (χ4v) is 1.11. The van der Waals surface area contributed by atoms with Crippen LogP contribution >= 0.6 is 11.6 Å². The Morgan fingerprint density at radius 2 is 2.50 bits per heavy atom. The minimum Gasteiger partial charge on any atom is -0.361 e. The van der Waals surface area contributed by atoms with E-state index in [2.05, 4.69) is 0 Å². The van der Waals surface area contributed by atoms with E-state index < -0.39 is 0 Å². The molecule has 1 aliphatic heterocycles. The van der Waals surface area contributed by atoms with Crippen LogP contribution in [0.25, 0.3) is 0 Å². The Morgan fingerprint density at radius 3 is 3.00 bits per heavy atom. The van der Waals surface area contributed by atoms with Gasteiger partial charge in [0.15, 0.2) is 0 Å². The topological polar surface area (TPSA) is 29.3 Å². The van der Waals surface area contributed by atoms with E-state index in [1.165, 1.54) is 0 Å². The van der Waals surface area contributed by atoms with Gasteiger partial charge in [0.25, 0.3) is 0 Å². The summed E-state index contributed by atoms with van der Waals surface area (Å²) in [5.41, 5.74) is 6.45. The smallest absolute Gasteiger partial charge is 0.109 e. The summed E-state index contributed by atoms with van der Waals surface area (Å²) in [7, 11) is 1.95. The standard InChI is InChI=1S/C7H11ClN2/c1-10-4-2-3-6(5-9)7(10)8/h2-3H,4-5,9H2,1H3. The van der Waals surface area contributed by atoms with Gasteiger partial charge in [0, 0.05) is 25.7 Å². The van der Waals surface area contributed by atoms with Crippen LogP contribution in [0.15, 0.2) is 22.9 Å². The second kappa shape index (κ2) is 3.08. The molecule has 2 N–H and O–H groups in total. The monoisotopic (exact) mass is 158 g/mol. The molecule has 56 valence electrons. The number of rotatable bonds is 1. The molecule has 0 saturated carbocycles. The fourth-order valence-electron chi connectivity index (χ4n) is 0.899. The van der Waals surface area contributed by atoms with E-state index in [9.17, 15) is 0 Å². The molecule has 0 amide bonds. The number of nitrogens with two attached hydrogens (primary N) is 1. The molecule has 0 radical (unpaired) electrons. The highest BCUT2D eigenvalue weighted by molar-refractivity contribution is 6.29. The van der Waals surface area contributed by atoms with E-state index in [0.717, 1.165) is 17.3 Å². The summed E-state index contributed by atoms with van der Waals surface area (Å²) in [6.45, 7) is 1.39. The third-order valence-electron chi connectivity index (χ3n) is 1.52. The van der Waals surface area contributed by atoms with Crippen molar-refractivity contribution in [3.05, 3.63) is 22.9 Å². The molecular weight excluding hydrogens is 148 g/mol. The normalized spacial score (nSPS) is 18.5. The molecule has 2 nitrogen and oxygen atoms in total. The van der Waals surface area contributed by atoms with Gasteiger partial charge in [-0.2, -0.15) is 0 Å². The molecule has 1 rings (SSSR count). The van der Waals surface area contributed by atoms with Gasteiger partial charge in [-0.25, -0.2) is 0 Å². The van der Waals surface area contributed by atoms with Gasteiger partial charge in [0.05, 0.1) is 0 Å². The predicted octanol–water partition coefficient (Wildman–Crippen LogP) is 0.897. The second-order valence-electron chi connectivity index (χ2n) is 2.30. The zero-order valence-electron chi connectivity index (χ0n) is 5.97. The maximum absolute atomic E-state index is 5.91. The molecule has 1 heterocycles. The maximum atomic E-state index is 5.91. The summed E-state index contributed by atoms with van der Waals surface area (Å²) < 4.78 is 0. The Hall–Kier alpha value is -0.470. The molecule has 3 heteroatoms.